The summed E-state index contributed by atoms with van der Waals surface area (Å²) in [5.41, 5.74) is 0.854. The maximum atomic E-state index is 13.0. The van der Waals surface area contributed by atoms with E-state index in [2.05, 4.69) is 10.3 Å². The van der Waals surface area contributed by atoms with Gasteiger partial charge in [-0.2, -0.15) is 4.31 Å². The van der Waals surface area contributed by atoms with E-state index in [1.54, 1.807) is 34.8 Å². The van der Waals surface area contributed by atoms with Crippen LogP contribution in [0, 0.1) is 11.8 Å². The Labute approximate surface area is 165 Å². The predicted molar refractivity (Wildman–Crippen MR) is 109 cm³/mol. The topological polar surface area (TPSA) is 62.3 Å². The quantitative estimate of drug-likeness (QED) is 0.644. The number of rotatable bonds is 9. The van der Waals surface area contributed by atoms with Crippen molar-refractivity contribution < 1.29 is 8.42 Å². The Morgan fingerprint density at radius 2 is 1.69 bits per heavy atom. The summed E-state index contributed by atoms with van der Waals surface area (Å²) in [5, 5.41) is 3.25. The fourth-order valence-electron chi connectivity index (χ4n) is 2.53. The van der Waals surface area contributed by atoms with E-state index in [-0.39, 0.29) is 11.8 Å². The lowest BCUT2D eigenvalue weighted by Crippen LogP contribution is -2.37. The van der Waals surface area contributed by atoms with Crippen LogP contribution in [0.5, 0.6) is 0 Å². The monoisotopic (exact) mass is 415 g/mol. The molecule has 0 saturated heterocycles. The first-order valence-electron chi connectivity index (χ1n) is 8.62. The van der Waals surface area contributed by atoms with Gasteiger partial charge in [-0.05, 0) is 36.1 Å². The summed E-state index contributed by atoms with van der Waals surface area (Å²) >= 11 is 7.24. The van der Waals surface area contributed by atoms with Gasteiger partial charge in [0.15, 0.2) is 4.47 Å². The molecule has 0 aliphatic rings. The van der Waals surface area contributed by atoms with Gasteiger partial charge in [0.2, 0.25) is 10.0 Å². The molecule has 1 aromatic carbocycles. The molecule has 0 unspecified atom stereocenters. The number of nitrogens with one attached hydrogen (secondary N) is 1. The van der Waals surface area contributed by atoms with E-state index in [4.69, 9.17) is 11.6 Å². The molecule has 0 amide bonds. The fourth-order valence-corrected chi connectivity index (χ4v) is 5.22. The normalized spacial score (nSPS) is 12.3. The molecule has 0 aliphatic carbocycles. The van der Waals surface area contributed by atoms with E-state index in [0.717, 1.165) is 10.6 Å². The van der Waals surface area contributed by atoms with Crippen molar-refractivity contribution in [2.24, 2.45) is 11.8 Å². The summed E-state index contributed by atoms with van der Waals surface area (Å²) in [6, 6.07) is 6.90. The Bertz CT molecular complexity index is 792. The van der Waals surface area contributed by atoms with Gasteiger partial charge in [-0.25, -0.2) is 13.4 Å². The van der Waals surface area contributed by atoms with Crippen LogP contribution in [-0.2, 0) is 16.6 Å². The smallest absolute Gasteiger partial charge is 0.243 e. The third-order valence-electron chi connectivity index (χ3n) is 3.62. The average Bonchev–Trinajstić information content (AvgIpc) is 2.97. The summed E-state index contributed by atoms with van der Waals surface area (Å²) in [6.07, 6.45) is 1.73. The second-order valence-electron chi connectivity index (χ2n) is 7.07. The summed E-state index contributed by atoms with van der Waals surface area (Å²) in [7, 11) is -3.49. The number of thiazole rings is 1. The molecule has 0 bridgehead atoms. The number of benzene rings is 1. The van der Waals surface area contributed by atoms with Crippen LogP contribution < -0.4 is 5.32 Å². The van der Waals surface area contributed by atoms with Crippen molar-refractivity contribution in [2.45, 2.75) is 39.1 Å². The van der Waals surface area contributed by atoms with Gasteiger partial charge in [-0.1, -0.05) is 39.3 Å². The molecule has 1 aromatic heterocycles. The van der Waals surface area contributed by atoms with E-state index in [1.807, 2.05) is 27.7 Å². The molecule has 0 spiro atoms. The molecule has 144 valence electrons. The first kappa shape index (κ1) is 21.2. The van der Waals surface area contributed by atoms with Crippen molar-refractivity contribution in [3.63, 3.8) is 0 Å². The SMILES string of the molecule is CC(C)CN(CC(C)C)S(=O)(=O)c1ccc(NCc2cnc(Cl)s2)cc1. The summed E-state index contributed by atoms with van der Waals surface area (Å²) in [6.45, 7) is 9.76. The Morgan fingerprint density at radius 3 is 2.15 bits per heavy atom. The summed E-state index contributed by atoms with van der Waals surface area (Å²) in [4.78, 5) is 5.35. The van der Waals surface area contributed by atoms with Crippen LogP contribution in [0.4, 0.5) is 5.69 Å². The standard InChI is InChI=1S/C18H26ClN3O2S2/c1-13(2)11-22(12-14(3)4)26(23,24)17-7-5-15(6-8-17)20-9-16-10-21-18(19)25-16/h5-8,10,13-14,20H,9,11-12H2,1-4H3. The first-order chi connectivity index (χ1) is 12.2. The minimum atomic E-state index is -3.49. The molecule has 0 atom stereocenters. The van der Waals surface area contributed by atoms with Crippen LogP contribution in [0.3, 0.4) is 0 Å². The van der Waals surface area contributed by atoms with Crippen molar-refractivity contribution in [3.8, 4) is 0 Å². The van der Waals surface area contributed by atoms with Crippen molar-refractivity contribution >= 4 is 38.6 Å². The molecule has 8 heteroatoms. The van der Waals surface area contributed by atoms with Crippen LogP contribution in [0.15, 0.2) is 35.4 Å². The Kier molecular flexibility index (Phi) is 7.46. The third-order valence-corrected chi connectivity index (χ3v) is 6.58. The van der Waals surface area contributed by atoms with E-state index < -0.39 is 10.0 Å². The summed E-state index contributed by atoms with van der Waals surface area (Å²) < 4.78 is 28.1. The number of sulfonamides is 1. The molecule has 2 rings (SSSR count). The number of nitrogens with zero attached hydrogens (tertiary/aromatic N) is 2. The second kappa shape index (κ2) is 9.17. The second-order valence-corrected chi connectivity index (χ2v) is 10.7. The minimum absolute atomic E-state index is 0.274. The van der Waals surface area contributed by atoms with Crippen LogP contribution in [0.1, 0.15) is 32.6 Å². The van der Waals surface area contributed by atoms with Gasteiger partial charge in [0.05, 0.1) is 11.4 Å². The van der Waals surface area contributed by atoms with Gasteiger partial charge < -0.3 is 5.32 Å². The van der Waals surface area contributed by atoms with Gasteiger partial charge in [-0.3, -0.25) is 0 Å². The highest BCUT2D eigenvalue weighted by molar-refractivity contribution is 7.89. The molecular weight excluding hydrogens is 390 g/mol. The Balaban J connectivity index is 2.10. The number of hydrogen-bond donors (Lipinski definition) is 1. The molecule has 0 saturated carbocycles. The van der Waals surface area contributed by atoms with Crippen molar-refractivity contribution in [1.82, 2.24) is 9.29 Å². The predicted octanol–water partition coefficient (Wildman–Crippen LogP) is 4.71. The van der Waals surface area contributed by atoms with Gasteiger partial charge in [0.1, 0.15) is 0 Å². The molecule has 2 aromatic rings. The zero-order chi connectivity index (χ0) is 19.3. The molecule has 0 fully saturated rings. The third kappa shape index (κ3) is 5.94. The lowest BCUT2D eigenvalue weighted by Gasteiger charge is -2.25. The van der Waals surface area contributed by atoms with Gasteiger partial charge in [0.25, 0.3) is 0 Å². The summed E-state index contributed by atoms with van der Waals surface area (Å²) in [5.74, 6) is 0.548. The molecule has 26 heavy (non-hydrogen) atoms. The van der Waals surface area contributed by atoms with Crippen molar-refractivity contribution in [2.75, 3.05) is 18.4 Å². The highest BCUT2D eigenvalue weighted by atomic mass is 35.5. The lowest BCUT2D eigenvalue weighted by atomic mass is 10.2. The number of anilines is 1. The van der Waals surface area contributed by atoms with E-state index in [9.17, 15) is 8.42 Å². The van der Waals surface area contributed by atoms with Gasteiger partial charge >= 0.3 is 0 Å². The highest BCUT2D eigenvalue weighted by Gasteiger charge is 2.25. The number of halogens is 1. The van der Waals surface area contributed by atoms with Gasteiger partial charge in [-0.15, -0.1) is 11.3 Å². The average molecular weight is 416 g/mol. The maximum Gasteiger partial charge on any atom is 0.243 e. The Hall–Kier alpha value is -1.15. The largest absolute Gasteiger partial charge is 0.380 e. The van der Waals surface area contributed by atoms with Crippen LogP contribution in [0.25, 0.3) is 0 Å². The zero-order valence-corrected chi connectivity index (χ0v) is 18.0. The molecule has 1 N–H and O–H groups in total. The van der Waals surface area contributed by atoms with Crippen LogP contribution >= 0.6 is 22.9 Å². The van der Waals surface area contributed by atoms with E-state index in [1.165, 1.54) is 11.3 Å². The van der Waals surface area contributed by atoms with Gasteiger partial charge in [0, 0.05) is 29.9 Å². The molecule has 0 aliphatic heterocycles. The Morgan fingerprint density at radius 1 is 1.12 bits per heavy atom. The van der Waals surface area contributed by atoms with Crippen molar-refractivity contribution in [3.05, 3.63) is 39.8 Å². The molecule has 0 radical (unpaired) electrons. The maximum absolute atomic E-state index is 13.0. The molecular formula is C18H26ClN3O2S2. The first-order valence-corrected chi connectivity index (χ1v) is 11.3. The number of aromatic nitrogens is 1. The highest BCUT2D eigenvalue weighted by Crippen LogP contribution is 2.22. The molecule has 5 nitrogen and oxygen atoms in total. The zero-order valence-electron chi connectivity index (χ0n) is 15.6. The molecule has 1 heterocycles. The number of hydrogen-bond acceptors (Lipinski definition) is 5. The van der Waals surface area contributed by atoms with Crippen LogP contribution in [-0.4, -0.2) is 30.8 Å². The minimum Gasteiger partial charge on any atom is -0.380 e. The fraction of sp³-hybridized carbons (Fsp3) is 0.500. The van der Waals surface area contributed by atoms with E-state index in [0.29, 0.717) is 29.0 Å². The van der Waals surface area contributed by atoms with Crippen molar-refractivity contribution in [1.29, 1.82) is 0 Å². The lowest BCUT2D eigenvalue weighted by molar-refractivity contribution is 0.333. The van der Waals surface area contributed by atoms with Crippen LogP contribution in [0.2, 0.25) is 4.47 Å². The van der Waals surface area contributed by atoms with E-state index >= 15 is 0 Å².